The summed E-state index contributed by atoms with van der Waals surface area (Å²) in [6.07, 6.45) is 8.57. The van der Waals surface area contributed by atoms with Crippen LogP contribution in [0.15, 0.2) is 70.4 Å². The van der Waals surface area contributed by atoms with Crippen LogP contribution in [0, 0.1) is 61.1 Å². The van der Waals surface area contributed by atoms with E-state index < -0.39 is 6.04 Å². The number of carbonyl (C=O) groups excluding carboxylic acids is 1. The molecular formula is C48H45FN10O4S. The summed E-state index contributed by atoms with van der Waals surface area (Å²) >= 11 is 1.65. The monoisotopic (exact) mass is 876 g/mol. The van der Waals surface area contributed by atoms with E-state index in [-0.39, 0.29) is 40.9 Å². The fourth-order valence-corrected chi connectivity index (χ4v) is 10.7. The van der Waals surface area contributed by atoms with Crippen molar-refractivity contribution in [3.05, 3.63) is 123 Å². The van der Waals surface area contributed by atoms with Gasteiger partial charge in [-0.2, -0.15) is 5.26 Å². The average molecular weight is 877 g/mol. The third kappa shape index (κ3) is 7.76. The molecule has 1 amide bonds. The van der Waals surface area contributed by atoms with Crippen molar-refractivity contribution in [1.82, 2.24) is 35.3 Å². The quantitative estimate of drug-likeness (QED) is 0.142. The summed E-state index contributed by atoms with van der Waals surface area (Å²) in [6, 6.07) is 15.7. The number of carbonyl (C=O) groups is 1. The van der Waals surface area contributed by atoms with E-state index in [1.807, 2.05) is 19.1 Å². The second-order valence-corrected chi connectivity index (χ2v) is 18.5. The number of fused-ring (bicyclic) bond motifs is 3. The number of aliphatic imine (C=N–C) groups is 1. The van der Waals surface area contributed by atoms with Crippen LogP contribution in [0.1, 0.15) is 105 Å². The number of aryl methyl sites for hydroxylation is 2. The van der Waals surface area contributed by atoms with Gasteiger partial charge in [0.25, 0.3) is 5.91 Å². The molecule has 1 atom stereocenters. The van der Waals surface area contributed by atoms with Crippen molar-refractivity contribution >= 4 is 28.8 Å². The number of nitrogens with zero attached hydrogens (tertiary/aromatic N) is 9. The van der Waals surface area contributed by atoms with Crippen molar-refractivity contribution in [2.75, 3.05) is 25.1 Å². The molecule has 2 aliphatic carbocycles. The number of aromatic nitrogens is 6. The highest BCUT2D eigenvalue weighted by atomic mass is 32.1. The highest BCUT2D eigenvalue weighted by molar-refractivity contribution is 7.15. The number of hydrogen-bond acceptors (Lipinski definition) is 13. The number of amides is 1. The van der Waals surface area contributed by atoms with Crippen LogP contribution in [-0.4, -0.2) is 73.9 Å². The van der Waals surface area contributed by atoms with E-state index in [1.165, 1.54) is 7.11 Å². The van der Waals surface area contributed by atoms with Crippen LogP contribution < -0.4 is 19.7 Å². The van der Waals surface area contributed by atoms with Crippen molar-refractivity contribution < 1.29 is 23.1 Å². The van der Waals surface area contributed by atoms with E-state index >= 15 is 4.39 Å². The Balaban J connectivity index is 0.729. The number of nitrogens with one attached hydrogen (secondary N) is 1. The maximum Gasteiger partial charge on any atom is 0.272 e. The molecule has 2 aromatic carbocycles. The summed E-state index contributed by atoms with van der Waals surface area (Å²) in [5.41, 5.74) is 4.66. The number of anilines is 1. The van der Waals surface area contributed by atoms with Crippen LogP contribution in [0.4, 0.5) is 10.2 Å². The molecular weight excluding hydrogens is 832 g/mol. The first-order valence-corrected chi connectivity index (χ1v) is 22.3. The molecule has 6 heterocycles. The zero-order chi connectivity index (χ0) is 44.1. The van der Waals surface area contributed by atoms with Gasteiger partial charge >= 0.3 is 0 Å². The summed E-state index contributed by atoms with van der Waals surface area (Å²) in [6.45, 7) is 7.77. The molecule has 324 valence electrons. The second-order valence-electron chi connectivity index (χ2n) is 17.3. The molecule has 1 unspecified atom stereocenters. The first kappa shape index (κ1) is 41.1. The third-order valence-electron chi connectivity index (χ3n) is 13.0. The van der Waals surface area contributed by atoms with Gasteiger partial charge in [-0.15, -0.1) is 31.7 Å². The lowest BCUT2D eigenvalue weighted by Gasteiger charge is -2.58. The smallest absolute Gasteiger partial charge is 0.272 e. The highest BCUT2D eigenvalue weighted by Crippen LogP contribution is 2.52. The Kier molecular flexibility index (Phi) is 10.7. The molecule has 3 fully saturated rings. The number of nitriles is 1. The minimum absolute atomic E-state index is 0.0175. The topological polar surface area (TPSA) is 169 Å². The number of methoxy groups -OCH3 is 1. The van der Waals surface area contributed by atoms with Crippen molar-refractivity contribution in [2.45, 2.75) is 83.9 Å². The number of thiophene rings is 1. The number of hydrogen-bond donors (Lipinski definition) is 1. The van der Waals surface area contributed by atoms with E-state index in [2.05, 4.69) is 71.9 Å². The van der Waals surface area contributed by atoms with Crippen LogP contribution >= 0.6 is 11.3 Å². The predicted molar refractivity (Wildman–Crippen MR) is 237 cm³/mol. The minimum atomic E-state index is -0.444. The lowest BCUT2D eigenvalue weighted by Crippen LogP contribution is -2.62. The zero-order valence-electron chi connectivity index (χ0n) is 35.9. The maximum atomic E-state index is 15.9. The van der Waals surface area contributed by atoms with Gasteiger partial charge in [0.05, 0.1) is 42.7 Å². The fraction of sp³-hybridized carbons (Fsp3) is 0.375. The molecule has 0 bridgehead atoms. The molecule has 64 heavy (non-hydrogen) atoms. The molecule has 2 aliphatic heterocycles. The number of halogens is 1. The van der Waals surface area contributed by atoms with Gasteiger partial charge in [0.1, 0.15) is 46.5 Å². The van der Waals surface area contributed by atoms with Crippen LogP contribution in [0.25, 0.3) is 5.00 Å². The van der Waals surface area contributed by atoms with Crippen molar-refractivity contribution in [2.24, 2.45) is 16.3 Å². The summed E-state index contributed by atoms with van der Waals surface area (Å²) in [5, 5.41) is 30.9. The summed E-state index contributed by atoms with van der Waals surface area (Å²) < 4.78 is 35.1. The summed E-state index contributed by atoms with van der Waals surface area (Å²) in [5.74, 6) is 9.92. The standard InChI is InChI=1S/C48H45FN10O4S/c1-27-28(2)64-47-43(27)44(53-39(21-42-51-17-18-62-42)45-57-54-29(3)59(45)47)32-8-7-31(37(49)19-32)6-5-30-22-48(23-30)25-58(26-48)41-16-15-38(55-56-41)46(60)52-34-10-13-35(14-11-34)63-36-12-9-33(24-50)40(20-36)61-4/h7-9,12,15-20,30,34-35,39H,10-11,13-14,21-23,25-26H2,1-4H3,(H,52,60). The van der Waals surface area contributed by atoms with Crippen molar-refractivity contribution in [3.8, 4) is 34.4 Å². The van der Waals surface area contributed by atoms with Crippen molar-refractivity contribution in [3.63, 3.8) is 0 Å². The van der Waals surface area contributed by atoms with Crippen LogP contribution in [0.3, 0.4) is 0 Å². The zero-order valence-corrected chi connectivity index (χ0v) is 36.7. The van der Waals surface area contributed by atoms with Crippen LogP contribution in [0.2, 0.25) is 0 Å². The Morgan fingerprint density at radius 1 is 1.02 bits per heavy atom. The van der Waals surface area contributed by atoms with Gasteiger partial charge in [-0.3, -0.25) is 14.4 Å². The summed E-state index contributed by atoms with van der Waals surface area (Å²) in [7, 11) is 1.53. The Morgan fingerprint density at radius 3 is 2.55 bits per heavy atom. The van der Waals surface area contributed by atoms with Gasteiger partial charge in [0.15, 0.2) is 23.2 Å². The first-order chi connectivity index (χ1) is 31.1. The largest absolute Gasteiger partial charge is 0.495 e. The highest BCUT2D eigenvalue weighted by Gasteiger charge is 2.52. The molecule has 1 spiro atoms. The fourth-order valence-electron chi connectivity index (χ4n) is 9.49. The van der Waals surface area contributed by atoms with E-state index in [1.54, 1.807) is 60.2 Å². The lowest BCUT2D eigenvalue weighted by atomic mass is 9.58. The first-order valence-electron chi connectivity index (χ1n) is 21.5. The number of oxazole rings is 1. The average Bonchev–Trinajstić information content (AvgIpc) is 3.98. The second kappa shape index (κ2) is 16.7. The SMILES string of the molecule is COc1cc(OC2CCC(NC(=O)c3ccc(N4CC5(CC(C#Cc6ccc(C7=NC(Cc8ncco8)c8nnc(C)n8-c8sc(C)c(C)c87)cc6F)C5)C4)nn3)CC2)ccc1C#N. The van der Waals surface area contributed by atoms with Crippen molar-refractivity contribution in [1.29, 1.82) is 5.26 Å². The normalized spacial score (nSPS) is 19.7. The third-order valence-corrected chi connectivity index (χ3v) is 14.2. The molecule has 4 aromatic heterocycles. The molecule has 1 saturated heterocycles. The van der Waals surface area contributed by atoms with Gasteiger partial charge in [-0.1, -0.05) is 17.9 Å². The minimum Gasteiger partial charge on any atom is -0.495 e. The Bertz CT molecular complexity index is 2890. The Morgan fingerprint density at radius 2 is 1.83 bits per heavy atom. The molecule has 2 saturated carbocycles. The molecule has 1 N–H and O–H groups in total. The molecule has 16 heteroatoms. The number of ether oxygens (including phenoxy) is 2. The molecule has 4 aliphatic rings. The van der Waals surface area contributed by atoms with E-state index in [9.17, 15) is 10.1 Å². The van der Waals surface area contributed by atoms with Crippen LogP contribution in [-0.2, 0) is 6.42 Å². The lowest BCUT2D eigenvalue weighted by molar-refractivity contribution is 0.0520. The van der Waals surface area contributed by atoms with Gasteiger partial charge < -0.3 is 24.1 Å². The maximum absolute atomic E-state index is 15.9. The summed E-state index contributed by atoms with van der Waals surface area (Å²) in [4.78, 5) is 26.0. The van der Waals surface area contributed by atoms with E-state index in [0.717, 1.165) is 84.3 Å². The Labute approximate surface area is 373 Å². The predicted octanol–water partition coefficient (Wildman–Crippen LogP) is 7.57. The molecule has 6 aromatic rings. The van der Waals surface area contributed by atoms with Gasteiger partial charge in [-0.05, 0) is 101 Å². The molecule has 14 nitrogen and oxygen atoms in total. The van der Waals surface area contributed by atoms with Gasteiger partial charge in [-0.25, -0.2) is 9.37 Å². The molecule has 0 radical (unpaired) electrons. The van der Waals surface area contributed by atoms with Gasteiger partial charge in [0, 0.05) is 52.5 Å². The Hall–Kier alpha value is -6.91. The number of rotatable bonds is 9. The number of benzene rings is 2. The van der Waals surface area contributed by atoms with E-state index in [0.29, 0.717) is 52.0 Å². The molecule has 10 rings (SSSR count). The van der Waals surface area contributed by atoms with E-state index in [4.69, 9.17) is 18.9 Å². The van der Waals surface area contributed by atoms with Crippen LogP contribution in [0.5, 0.6) is 11.5 Å². The van der Waals surface area contributed by atoms with Gasteiger partial charge in [0.2, 0.25) is 0 Å².